The summed E-state index contributed by atoms with van der Waals surface area (Å²) in [4.78, 5) is 21.0. The Labute approximate surface area is 162 Å². The van der Waals surface area contributed by atoms with Crippen LogP contribution in [0.25, 0.3) is 0 Å². The van der Waals surface area contributed by atoms with Crippen LogP contribution in [0.1, 0.15) is 74.5 Å². The lowest BCUT2D eigenvalue weighted by atomic mass is 9.49. The van der Waals surface area contributed by atoms with Gasteiger partial charge < -0.3 is 5.32 Å². The van der Waals surface area contributed by atoms with E-state index >= 15 is 0 Å². The summed E-state index contributed by atoms with van der Waals surface area (Å²) >= 11 is 0. The van der Waals surface area contributed by atoms with Crippen LogP contribution >= 0.6 is 0 Å². The Kier molecular flexibility index (Phi) is 4.22. The lowest BCUT2D eigenvalue weighted by Crippen LogP contribution is -2.53. The molecule has 152 valence electrons. The molecule has 5 fully saturated rings. The fraction of sp³-hybridized carbons (Fsp3) is 0.762. The summed E-state index contributed by atoms with van der Waals surface area (Å²) in [6.07, 6.45) is 4.31. The van der Waals surface area contributed by atoms with E-state index in [0.29, 0.717) is 30.0 Å². The molecule has 4 nitrogen and oxygen atoms in total. The summed E-state index contributed by atoms with van der Waals surface area (Å²) in [5, 5.41) is 3.01. The number of carbonyl (C=O) groups excluding carboxylic acids is 1. The van der Waals surface area contributed by atoms with Gasteiger partial charge in [0, 0.05) is 30.0 Å². The molecule has 4 bridgehead atoms. The Morgan fingerprint density at radius 1 is 1.07 bits per heavy atom. The predicted molar refractivity (Wildman–Crippen MR) is 96.3 cm³/mol. The van der Waals surface area contributed by atoms with E-state index in [2.05, 4.69) is 15.3 Å². The molecule has 1 amide bonds. The van der Waals surface area contributed by atoms with Crippen molar-refractivity contribution in [2.75, 3.05) is 6.54 Å². The number of alkyl halides is 3. The van der Waals surface area contributed by atoms with Crippen molar-refractivity contribution in [2.45, 2.75) is 69.9 Å². The largest absolute Gasteiger partial charge is 0.433 e. The molecule has 1 aromatic rings. The summed E-state index contributed by atoms with van der Waals surface area (Å²) in [5.41, 5.74) is -0.612. The highest BCUT2D eigenvalue weighted by molar-refractivity contribution is 5.83. The molecule has 0 unspecified atom stereocenters. The summed E-state index contributed by atoms with van der Waals surface area (Å²) in [6.45, 7) is 0.298. The van der Waals surface area contributed by atoms with Gasteiger partial charge in [0.1, 0.15) is 11.5 Å². The zero-order valence-electron chi connectivity index (χ0n) is 15.9. The van der Waals surface area contributed by atoms with Gasteiger partial charge in [0.2, 0.25) is 5.91 Å². The highest BCUT2D eigenvalue weighted by Crippen LogP contribution is 2.60. The maximum Gasteiger partial charge on any atom is 0.433 e. The lowest BCUT2D eigenvalue weighted by molar-refractivity contribution is -0.146. The second-order valence-electron chi connectivity index (χ2n) is 9.57. The zero-order chi connectivity index (χ0) is 19.5. The van der Waals surface area contributed by atoms with E-state index in [1.54, 1.807) is 0 Å². The fourth-order valence-corrected chi connectivity index (χ4v) is 6.23. The van der Waals surface area contributed by atoms with Crippen LogP contribution in [0.3, 0.4) is 0 Å². The van der Waals surface area contributed by atoms with Crippen LogP contribution in [-0.4, -0.2) is 22.4 Å². The minimum absolute atomic E-state index is 0.0981. The van der Waals surface area contributed by atoms with Crippen molar-refractivity contribution in [2.24, 2.45) is 23.2 Å². The van der Waals surface area contributed by atoms with Crippen LogP contribution in [0.4, 0.5) is 13.2 Å². The minimum Gasteiger partial charge on any atom is -0.355 e. The van der Waals surface area contributed by atoms with Crippen molar-refractivity contribution in [3.63, 3.8) is 0 Å². The fourth-order valence-electron chi connectivity index (χ4n) is 6.23. The van der Waals surface area contributed by atoms with E-state index in [1.165, 1.54) is 19.3 Å². The summed E-state index contributed by atoms with van der Waals surface area (Å²) in [7, 11) is 0. The molecular formula is C21H26F3N3O. The van der Waals surface area contributed by atoms with Gasteiger partial charge in [-0.15, -0.1) is 0 Å². The van der Waals surface area contributed by atoms with Crippen molar-refractivity contribution in [3.8, 4) is 0 Å². The highest BCUT2D eigenvalue weighted by Gasteiger charge is 2.54. The first-order chi connectivity index (χ1) is 13.3. The number of halogens is 3. The smallest absolute Gasteiger partial charge is 0.355 e. The van der Waals surface area contributed by atoms with Crippen molar-refractivity contribution in [3.05, 3.63) is 23.3 Å². The number of amides is 1. The molecule has 5 saturated carbocycles. The summed E-state index contributed by atoms with van der Waals surface area (Å²) in [6, 6.07) is 1.08. The first kappa shape index (κ1) is 18.4. The molecule has 0 aliphatic heterocycles. The third-order valence-corrected chi connectivity index (χ3v) is 7.23. The molecule has 28 heavy (non-hydrogen) atoms. The average molecular weight is 393 g/mol. The number of nitrogens with one attached hydrogen (secondary N) is 1. The van der Waals surface area contributed by atoms with Crippen molar-refractivity contribution in [1.29, 1.82) is 0 Å². The minimum atomic E-state index is -4.47. The molecule has 0 atom stereocenters. The molecule has 0 spiro atoms. The van der Waals surface area contributed by atoms with Gasteiger partial charge in [-0.25, -0.2) is 9.97 Å². The second kappa shape index (κ2) is 6.42. The van der Waals surface area contributed by atoms with Crippen molar-refractivity contribution < 1.29 is 18.0 Å². The Bertz CT molecular complexity index is 752. The highest BCUT2D eigenvalue weighted by atomic mass is 19.4. The molecule has 5 aliphatic carbocycles. The molecule has 6 rings (SSSR count). The van der Waals surface area contributed by atoms with Crippen LogP contribution in [-0.2, 0) is 17.4 Å². The first-order valence-corrected chi connectivity index (χ1v) is 10.5. The molecule has 0 saturated heterocycles. The van der Waals surface area contributed by atoms with E-state index in [1.807, 2.05) is 0 Å². The monoisotopic (exact) mass is 393 g/mol. The standard InChI is InChI=1S/C21H26F3N3O/c22-21(23,24)17-8-16(15-1-2-15)26-18(27-17)3-4-25-19(28)20-9-12-5-13(10-20)7-14(6-12)11-20/h8,12-15H,1-7,9-11H2,(H,25,28). The predicted octanol–water partition coefficient (Wildman–Crippen LogP) is 4.25. The van der Waals surface area contributed by atoms with Crippen molar-refractivity contribution in [1.82, 2.24) is 15.3 Å². The first-order valence-electron chi connectivity index (χ1n) is 10.5. The van der Waals surface area contributed by atoms with Crippen LogP contribution in [0.2, 0.25) is 0 Å². The van der Waals surface area contributed by atoms with E-state index in [-0.39, 0.29) is 29.5 Å². The van der Waals surface area contributed by atoms with Gasteiger partial charge in [-0.3, -0.25) is 4.79 Å². The maximum absolute atomic E-state index is 13.1. The lowest BCUT2D eigenvalue weighted by Gasteiger charge is -2.55. The molecule has 7 heteroatoms. The Balaban J connectivity index is 1.24. The number of rotatable bonds is 5. The normalized spacial score (nSPS) is 33.9. The SMILES string of the molecule is O=C(NCCc1nc(C2CC2)cc(C(F)(F)F)n1)C12CC3CC(CC(C3)C1)C2. The molecule has 0 radical (unpaired) electrons. The number of hydrogen-bond donors (Lipinski definition) is 1. The van der Waals surface area contributed by atoms with Crippen LogP contribution < -0.4 is 5.32 Å². The molecule has 1 N–H and O–H groups in total. The second-order valence-corrected chi connectivity index (χ2v) is 9.57. The Hall–Kier alpha value is -1.66. The average Bonchev–Trinajstić information content (AvgIpc) is 3.44. The Morgan fingerprint density at radius 2 is 1.68 bits per heavy atom. The molecule has 1 heterocycles. The maximum atomic E-state index is 13.1. The zero-order valence-corrected chi connectivity index (χ0v) is 15.9. The number of carbonyl (C=O) groups is 1. The van der Waals surface area contributed by atoms with Crippen LogP contribution in [0.5, 0.6) is 0 Å². The number of aromatic nitrogens is 2. The third-order valence-electron chi connectivity index (χ3n) is 7.23. The van der Waals surface area contributed by atoms with Crippen LogP contribution in [0, 0.1) is 23.2 Å². The summed E-state index contributed by atoms with van der Waals surface area (Å²) in [5.74, 6) is 2.47. The van der Waals surface area contributed by atoms with Crippen LogP contribution in [0.15, 0.2) is 6.07 Å². The number of hydrogen-bond acceptors (Lipinski definition) is 3. The van der Waals surface area contributed by atoms with E-state index in [9.17, 15) is 18.0 Å². The van der Waals surface area contributed by atoms with Gasteiger partial charge in [0.15, 0.2) is 0 Å². The van der Waals surface area contributed by atoms with Gasteiger partial charge in [0.25, 0.3) is 0 Å². The third kappa shape index (κ3) is 3.41. The molecule has 0 aromatic carbocycles. The van der Waals surface area contributed by atoms with Gasteiger partial charge in [-0.2, -0.15) is 13.2 Å². The Morgan fingerprint density at radius 3 is 2.21 bits per heavy atom. The molecule has 1 aromatic heterocycles. The van der Waals surface area contributed by atoms with Gasteiger partial charge in [0.05, 0.1) is 0 Å². The number of nitrogens with zero attached hydrogens (tertiary/aromatic N) is 2. The van der Waals surface area contributed by atoms with Gasteiger partial charge in [-0.1, -0.05) is 0 Å². The quantitative estimate of drug-likeness (QED) is 0.814. The van der Waals surface area contributed by atoms with Gasteiger partial charge in [-0.05, 0) is 75.2 Å². The molecule has 5 aliphatic rings. The molecular weight excluding hydrogens is 367 g/mol. The summed E-state index contributed by atoms with van der Waals surface area (Å²) < 4.78 is 39.4. The van der Waals surface area contributed by atoms with E-state index in [4.69, 9.17) is 0 Å². The topological polar surface area (TPSA) is 54.9 Å². The van der Waals surface area contributed by atoms with Crippen molar-refractivity contribution >= 4 is 5.91 Å². The van der Waals surface area contributed by atoms with Gasteiger partial charge >= 0.3 is 6.18 Å². The van der Waals surface area contributed by atoms with E-state index in [0.717, 1.165) is 38.2 Å². The van der Waals surface area contributed by atoms with E-state index < -0.39 is 11.9 Å².